The summed E-state index contributed by atoms with van der Waals surface area (Å²) >= 11 is 0. The number of hydrogen-bond acceptors (Lipinski definition) is 3. The molecule has 1 fully saturated rings. The molecule has 0 aliphatic carbocycles. The second-order valence-electron chi connectivity index (χ2n) is 3.58. The number of methoxy groups -OCH3 is 1. The molecule has 0 amide bonds. The van der Waals surface area contributed by atoms with Gasteiger partial charge in [-0.1, -0.05) is 12.1 Å². The molecule has 3 N–H and O–H groups in total. The van der Waals surface area contributed by atoms with Gasteiger partial charge in [-0.25, -0.2) is 4.39 Å². The summed E-state index contributed by atoms with van der Waals surface area (Å²) in [5.41, 5.74) is 5.94. The van der Waals surface area contributed by atoms with Crippen molar-refractivity contribution in [1.82, 2.24) is 5.32 Å². The lowest BCUT2D eigenvalue weighted by Gasteiger charge is -2.39. The predicted octanol–water partition coefficient (Wildman–Crippen LogP) is 0.592. The van der Waals surface area contributed by atoms with Gasteiger partial charge in [0.2, 0.25) is 0 Å². The minimum Gasteiger partial charge on any atom is -0.494 e. The molecule has 1 saturated heterocycles. The van der Waals surface area contributed by atoms with Crippen LogP contribution in [0.4, 0.5) is 4.39 Å². The molecule has 0 unspecified atom stereocenters. The maximum atomic E-state index is 13.8. The van der Waals surface area contributed by atoms with E-state index < -0.39 is 5.54 Å². The molecular formula is C10H13FN2O. The van der Waals surface area contributed by atoms with Crippen molar-refractivity contribution < 1.29 is 9.13 Å². The van der Waals surface area contributed by atoms with Crippen LogP contribution in [0, 0.1) is 5.82 Å². The zero-order valence-corrected chi connectivity index (χ0v) is 8.01. The zero-order valence-electron chi connectivity index (χ0n) is 8.01. The van der Waals surface area contributed by atoms with Gasteiger partial charge in [0, 0.05) is 18.7 Å². The highest BCUT2D eigenvalue weighted by Crippen LogP contribution is 2.29. The molecule has 0 radical (unpaired) electrons. The van der Waals surface area contributed by atoms with Crippen molar-refractivity contribution in [1.29, 1.82) is 0 Å². The van der Waals surface area contributed by atoms with Crippen LogP contribution in [0.5, 0.6) is 5.75 Å². The first kappa shape index (κ1) is 9.43. The van der Waals surface area contributed by atoms with Gasteiger partial charge in [0.25, 0.3) is 0 Å². The molecule has 0 saturated carbocycles. The Morgan fingerprint density at radius 2 is 2.21 bits per heavy atom. The molecule has 1 aromatic rings. The highest BCUT2D eigenvalue weighted by atomic mass is 19.1. The Bertz CT molecular complexity index is 350. The first-order chi connectivity index (χ1) is 6.67. The quantitative estimate of drug-likeness (QED) is 0.727. The summed E-state index contributed by atoms with van der Waals surface area (Å²) in [7, 11) is 1.45. The van der Waals surface area contributed by atoms with Gasteiger partial charge >= 0.3 is 0 Å². The van der Waals surface area contributed by atoms with Crippen LogP contribution < -0.4 is 15.8 Å². The number of benzene rings is 1. The number of halogens is 1. The molecular weight excluding hydrogens is 183 g/mol. The van der Waals surface area contributed by atoms with Gasteiger partial charge in [-0.2, -0.15) is 0 Å². The normalized spacial score (nSPS) is 18.8. The van der Waals surface area contributed by atoms with E-state index >= 15 is 0 Å². The number of rotatable bonds is 2. The molecule has 3 nitrogen and oxygen atoms in total. The third kappa shape index (κ3) is 1.27. The molecule has 76 valence electrons. The van der Waals surface area contributed by atoms with Crippen molar-refractivity contribution in [2.45, 2.75) is 5.54 Å². The summed E-state index contributed by atoms with van der Waals surface area (Å²) in [5, 5.41) is 3.03. The van der Waals surface area contributed by atoms with E-state index in [0.29, 0.717) is 18.7 Å². The third-order valence-corrected chi connectivity index (χ3v) is 2.60. The van der Waals surface area contributed by atoms with Gasteiger partial charge in [0.1, 0.15) is 0 Å². The molecule has 1 heterocycles. The summed E-state index contributed by atoms with van der Waals surface area (Å²) in [4.78, 5) is 0. The smallest absolute Gasteiger partial charge is 0.170 e. The molecule has 2 rings (SSSR count). The molecule has 1 aromatic carbocycles. The summed E-state index contributed by atoms with van der Waals surface area (Å²) in [6.45, 7) is 1.22. The van der Waals surface area contributed by atoms with Crippen LogP contribution in [0.15, 0.2) is 18.2 Å². The van der Waals surface area contributed by atoms with E-state index in [1.807, 2.05) is 0 Å². The van der Waals surface area contributed by atoms with E-state index in [1.54, 1.807) is 18.2 Å². The van der Waals surface area contributed by atoms with Crippen molar-refractivity contribution in [3.05, 3.63) is 29.6 Å². The zero-order chi connectivity index (χ0) is 10.2. The number of nitrogens with one attached hydrogen (secondary N) is 1. The molecule has 1 aliphatic heterocycles. The predicted molar refractivity (Wildman–Crippen MR) is 51.7 cm³/mol. The third-order valence-electron chi connectivity index (χ3n) is 2.60. The molecule has 4 heteroatoms. The number of ether oxygens (including phenoxy) is 1. The lowest BCUT2D eigenvalue weighted by molar-refractivity contribution is 0.273. The molecule has 0 bridgehead atoms. The van der Waals surface area contributed by atoms with E-state index in [0.717, 1.165) is 0 Å². The average Bonchev–Trinajstić information content (AvgIpc) is 2.15. The Kier molecular flexibility index (Phi) is 2.17. The van der Waals surface area contributed by atoms with Gasteiger partial charge in [0.15, 0.2) is 11.6 Å². The van der Waals surface area contributed by atoms with Crippen molar-refractivity contribution in [3.63, 3.8) is 0 Å². The van der Waals surface area contributed by atoms with Crippen LogP contribution >= 0.6 is 0 Å². The Hall–Kier alpha value is -1.13. The second kappa shape index (κ2) is 3.22. The fourth-order valence-corrected chi connectivity index (χ4v) is 1.64. The Morgan fingerprint density at radius 3 is 2.71 bits per heavy atom. The molecule has 14 heavy (non-hydrogen) atoms. The topological polar surface area (TPSA) is 47.3 Å². The van der Waals surface area contributed by atoms with Gasteiger partial charge in [0.05, 0.1) is 12.6 Å². The van der Waals surface area contributed by atoms with Gasteiger partial charge in [-0.3, -0.25) is 0 Å². The van der Waals surface area contributed by atoms with Crippen LogP contribution in [0.2, 0.25) is 0 Å². The molecule has 1 aliphatic rings. The average molecular weight is 196 g/mol. The van der Waals surface area contributed by atoms with Crippen LogP contribution in [0.3, 0.4) is 0 Å². The molecule has 0 atom stereocenters. The second-order valence-corrected chi connectivity index (χ2v) is 3.58. The van der Waals surface area contributed by atoms with Crippen molar-refractivity contribution >= 4 is 0 Å². The fourth-order valence-electron chi connectivity index (χ4n) is 1.64. The van der Waals surface area contributed by atoms with Gasteiger partial charge in [-0.15, -0.1) is 0 Å². The van der Waals surface area contributed by atoms with Crippen LogP contribution in [0.1, 0.15) is 5.56 Å². The van der Waals surface area contributed by atoms with E-state index in [9.17, 15) is 4.39 Å². The summed E-state index contributed by atoms with van der Waals surface area (Å²) < 4.78 is 18.7. The highest BCUT2D eigenvalue weighted by molar-refractivity contribution is 5.37. The lowest BCUT2D eigenvalue weighted by atomic mass is 9.85. The number of hydrogen-bond donors (Lipinski definition) is 2. The maximum absolute atomic E-state index is 13.8. The van der Waals surface area contributed by atoms with E-state index in [-0.39, 0.29) is 11.6 Å². The van der Waals surface area contributed by atoms with Crippen LogP contribution in [0.25, 0.3) is 0 Å². The minimum atomic E-state index is -0.571. The maximum Gasteiger partial charge on any atom is 0.170 e. The summed E-state index contributed by atoms with van der Waals surface area (Å²) in [6, 6.07) is 5.05. The molecule has 0 aromatic heterocycles. The Morgan fingerprint density at radius 1 is 1.50 bits per heavy atom. The Balaban J connectivity index is 2.43. The standard InChI is InChI=1S/C10H13FN2O/c1-14-8-4-2-3-7(9(8)11)10(12)5-13-6-10/h2-4,13H,5-6,12H2,1H3. The monoisotopic (exact) mass is 196 g/mol. The SMILES string of the molecule is COc1cccc(C2(N)CNC2)c1F. The summed E-state index contributed by atoms with van der Waals surface area (Å²) in [5.74, 6) is -0.0989. The first-order valence-corrected chi connectivity index (χ1v) is 4.50. The van der Waals surface area contributed by atoms with Crippen LogP contribution in [-0.4, -0.2) is 20.2 Å². The van der Waals surface area contributed by atoms with Crippen molar-refractivity contribution in [2.24, 2.45) is 5.73 Å². The summed E-state index contributed by atoms with van der Waals surface area (Å²) in [6.07, 6.45) is 0. The van der Waals surface area contributed by atoms with Crippen LogP contribution in [-0.2, 0) is 5.54 Å². The van der Waals surface area contributed by atoms with Crippen molar-refractivity contribution in [2.75, 3.05) is 20.2 Å². The largest absolute Gasteiger partial charge is 0.494 e. The van der Waals surface area contributed by atoms with Crippen molar-refractivity contribution in [3.8, 4) is 5.75 Å². The van der Waals surface area contributed by atoms with Gasteiger partial charge < -0.3 is 15.8 Å². The van der Waals surface area contributed by atoms with E-state index in [1.165, 1.54) is 7.11 Å². The van der Waals surface area contributed by atoms with E-state index in [4.69, 9.17) is 10.5 Å². The number of nitrogens with two attached hydrogens (primary N) is 1. The first-order valence-electron chi connectivity index (χ1n) is 4.50. The fraction of sp³-hybridized carbons (Fsp3) is 0.400. The van der Waals surface area contributed by atoms with E-state index in [2.05, 4.69) is 5.32 Å². The van der Waals surface area contributed by atoms with Gasteiger partial charge in [-0.05, 0) is 6.07 Å². The molecule has 0 spiro atoms. The highest BCUT2D eigenvalue weighted by Gasteiger charge is 2.37. The minimum absolute atomic E-state index is 0.249. The lowest BCUT2D eigenvalue weighted by Crippen LogP contribution is -2.63. The Labute approximate surface area is 82.1 Å².